The van der Waals surface area contributed by atoms with Gasteiger partial charge in [-0.15, -0.1) is 0 Å². The Morgan fingerprint density at radius 3 is 2.50 bits per heavy atom. The molecule has 32 heavy (non-hydrogen) atoms. The largest absolute Gasteiger partial charge is 0.325 e. The molecule has 0 bridgehead atoms. The molecule has 2 heterocycles. The standard InChI is InChI=1S/C24H24N6O2/c1-29(2)15-21(31)30(3)17-10-8-16(9-11-17)27-23(20-14-25-12-13-26-20)22-18-6-4-5-7-19(18)28-24(22)32/h4-14,22H,15H2,1-3H3,(H,28,32). The zero-order valence-electron chi connectivity index (χ0n) is 18.2. The molecule has 1 unspecified atom stereocenters. The van der Waals surface area contributed by atoms with Gasteiger partial charge >= 0.3 is 0 Å². The van der Waals surface area contributed by atoms with E-state index >= 15 is 0 Å². The molecule has 0 aliphatic carbocycles. The van der Waals surface area contributed by atoms with Crippen molar-refractivity contribution in [2.24, 2.45) is 4.99 Å². The van der Waals surface area contributed by atoms with E-state index in [-0.39, 0.29) is 11.8 Å². The Morgan fingerprint density at radius 2 is 1.81 bits per heavy atom. The van der Waals surface area contributed by atoms with Gasteiger partial charge in [-0.25, -0.2) is 4.99 Å². The van der Waals surface area contributed by atoms with Crippen LogP contribution in [0, 0.1) is 0 Å². The minimum Gasteiger partial charge on any atom is -0.325 e. The molecule has 1 aromatic heterocycles. The van der Waals surface area contributed by atoms with Crippen molar-refractivity contribution < 1.29 is 9.59 Å². The Balaban J connectivity index is 1.70. The van der Waals surface area contributed by atoms with Crippen LogP contribution in [-0.4, -0.2) is 60.1 Å². The summed E-state index contributed by atoms with van der Waals surface area (Å²) in [5, 5.41) is 2.92. The van der Waals surface area contributed by atoms with Gasteiger partial charge in [-0.05, 0) is 50.0 Å². The number of rotatable bonds is 6. The van der Waals surface area contributed by atoms with Gasteiger partial charge in [-0.3, -0.25) is 19.6 Å². The van der Waals surface area contributed by atoms with E-state index in [4.69, 9.17) is 4.99 Å². The number of hydrogen-bond acceptors (Lipinski definition) is 6. The molecule has 0 saturated heterocycles. The Hall–Kier alpha value is -3.91. The average Bonchev–Trinajstić information content (AvgIpc) is 3.13. The summed E-state index contributed by atoms with van der Waals surface area (Å²) < 4.78 is 0. The summed E-state index contributed by atoms with van der Waals surface area (Å²) in [5.74, 6) is -0.751. The van der Waals surface area contributed by atoms with Gasteiger partial charge < -0.3 is 15.1 Å². The summed E-state index contributed by atoms with van der Waals surface area (Å²) in [4.78, 5) is 42.0. The van der Waals surface area contributed by atoms with Crippen molar-refractivity contribution in [3.8, 4) is 0 Å². The number of hydrogen-bond donors (Lipinski definition) is 1. The van der Waals surface area contributed by atoms with Crippen LogP contribution in [0.2, 0.25) is 0 Å². The van der Waals surface area contributed by atoms with Crippen molar-refractivity contribution >= 4 is 34.6 Å². The van der Waals surface area contributed by atoms with Crippen molar-refractivity contribution in [2.75, 3.05) is 37.9 Å². The highest BCUT2D eigenvalue weighted by Gasteiger charge is 2.35. The van der Waals surface area contributed by atoms with Crippen LogP contribution in [0.4, 0.5) is 17.1 Å². The summed E-state index contributed by atoms with van der Waals surface area (Å²) in [6.07, 6.45) is 4.77. The lowest BCUT2D eigenvalue weighted by atomic mass is 9.93. The van der Waals surface area contributed by atoms with Gasteiger partial charge in [0.15, 0.2) is 0 Å². The number of likely N-dealkylation sites (N-methyl/N-ethyl adjacent to an activating group) is 2. The second-order valence-corrected chi connectivity index (χ2v) is 7.80. The maximum Gasteiger partial charge on any atom is 0.240 e. The van der Waals surface area contributed by atoms with E-state index in [1.807, 2.05) is 67.5 Å². The van der Waals surface area contributed by atoms with Crippen LogP contribution in [0.3, 0.4) is 0 Å². The molecule has 1 N–H and O–H groups in total. The van der Waals surface area contributed by atoms with Gasteiger partial charge in [0.2, 0.25) is 11.8 Å². The third-order valence-corrected chi connectivity index (χ3v) is 5.20. The van der Waals surface area contributed by atoms with E-state index in [0.29, 0.717) is 23.6 Å². The summed E-state index contributed by atoms with van der Waals surface area (Å²) in [7, 11) is 5.46. The van der Waals surface area contributed by atoms with Crippen molar-refractivity contribution in [3.63, 3.8) is 0 Å². The first kappa shape index (κ1) is 21.3. The van der Waals surface area contributed by atoms with Gasteiger partial charge in [0.05, 0.1) is 24.1 Å². The minimum absolute atomic E-state index is 0.00858. The third-order valence-electron chi connectivity index (χ3n) is 5.20. The van der Waals surface area contributed by atoms with E-state index in [0.717, 1.165) is 16.9 Å². The highest BCUT2D eigenvalue weighted by Crippen LogP contribution is 2.35. The van der Waals surface area contributed by atoms with Crippen LogP contribution in [0.1, 0.15) is 17.2 Å². The summed E-state index contributed by atoms with van der Waals surface area (Å²) in [6, 6.07) is 14.9. The fourth-order valence-corrected chi connectivity index (χ4v) is 3.59. The number of nitrogens with one attached hydrogen (secondary N) is 1. The van der Waals surface area contributed by atoms with Gasteiger partial charge in [-0.1, -0.05) is 18.2 Å². The van der Waals surface area contributed by atoms with E-state index in [1.54, 1.807) is 30.5 Å². The quantitative estimate of drug-likeness (QED) is 0.610. The number of nitrogens with zero attached hydrogens (tertiary/aromatic N) is 5. The second-order valence-electron chi connectivity index (χ2n) is 7.80. The van der Waals surface area contributed by atoms with E-state index in [9.17, 15) is 9.59 Å². The first-order chi connectivity index (χ1) is 15.4. The van der Waals surface area contributed by atoms with Crippen LogP contribution >= 0.6 is 0 Å². The lowest BCUT2D eigenvalue weighted by Gasteiger charge is -2.20. The molecule has 1 aliphatic rings. The van der Waals surface area contributed by atoms with Crippen molar-refractivity contribution in [2.45, 2.75) is 5.92 Å². The number of carbonyl (C=O) groups is 2. The van der Waals surface area contributed by atoms with Crippen molar-refractivity contribution in [1.82, 2.24) is 14.9 Å². The number of para-hydroxylation sites is 1. The second kappa shape index (κ2) is 9.07. The maximum atomic E-state index is 12.9. The fourth-order valence-electron chi connectivity index (χ4n) is 3.59. The number of aliphatic imine (C=N–C) groups is 1. The Kier molecular flexibility index (Phi) is 6.04. The van der Waals surface area contributed by atoms with Gasteiger partial charge in [-0.2, -0.15) is 0 Å². The van der Waals surface area contributed by atoms with Gasteiger partial charge in [0.25, 0.3) is 0 Å². The molecule has 4 rings (SSSR count). The number of fused-ring (bicyclic) bond motifs is 1. The number of aromatic nitrogens is 2. The van der Waals surface area contributed by atoms with Crippen LogP contribution in [0.15, 0.2) is 72.1 Å². The van der Waals surface area contributed by atoms with Crippen LogP contribution in [0.5, 0.6) is 0 Å². The zero-order chi connectivity index (χ0) is 22.7. The molecule has 2 aromatic carbocycles. The number of carbonyl (C=O) groups excluding carboxylic acids is 2. The number of benzene rings is 2. The number of amides is 2. The molecule has 0 spiro atoms. The average molecular weight is 428 g/mol. The predicted molar refractivity (Wildman–Crippen MR) is 124 cm³/mol. The van der Waals surface area contributed by atoms with E-state index < -0.39 is 5.92 Å². The summed E-state index contributed by atoms with van der Waals surface area (Å²) in [5.41, 5.74) is 4.10. The summed E-state index contributed by atoms with van der Waals surface area (Å²) in [6.45, 7) is 0.323. The zero-order valence-corrected chi connectivity index (χ0v) is 18.2. The van der Waals surface area contributed by atoms with Crippen LogP contribution in [-0.2, 0) is 9.59 Å². The van der Waals surface area contributed by atoms with Crippen molar-refractivity contribution in [1.29, 1.82) is 0 Å². The third kappa shape index (κ3) is 4.40. The van der Waals surface area contributed by atoms with E-state index in [2.05, 4.69) is 15.3 Å². The molecular formula is C24H24N6O2. The molecule has 0 radical (unpaired) electrons. The SMILES string of the molecule is CN(C)CC(=O)N(C)c1ccc(N=C(c2cnccn2)C2C(=O)Nc3ccccc32)cc1. The predicted octanol–water partition coefficient (Wildman–Crippen LogP) is 2.86. The Morgan fingerprint density at radius 1 is 1.06 bits per heavy atom. The van der Waals surface area contributed by atoms with E-state index in [1.165, 1.54) is 0 Å². The minimum atomic E-state index is -0.591. The lowest BCUT2D eigenvalue weighted by Crippen LogP contribution is -2.34. The van der Waals surface area contributed by atoms with Gasteiger partial charge in [0, 0.05) is 30.8 Å². The van der Waals surface area contributed by atoms with Crippen LogP contribution in [0.25, 0.3) is 0 Å². The highest BCUT2D eigenvalue weighted by atomic mass is 16.2. The Bertz CT molecular complexity index is 1160. The molecule has 2 amide bonds. The maximum absolute atomic E-state index is 12.9. The fraction of sp³-hybridized carbons (Fsp3) is 0.208. The molecule has 8 heteroatoms. The lowest BCUT2D eigenvalue weighted by molar-refractivity contribution is -0.119. The smallest absolute Gasteiger partial charge is 0.240 e. The van der Waals surface area contributed by atoms with Crippen LogP contribution < -0.4 is 10.2 Å². The van der Waals surface area contributed by atoms with Crippen molar-refractivity contribution in [3.05, 3.63) is 78.4 Å². The normalized spacial score (nSPS) is 15.4. The monoisotopic (exact) mass is 428 g/mol. The topological polar surface area (TPSA) is 90.8 Å². The highest BCUT2D eigenvalue weighted by molar-refractivity contribution is 6.23. The first-order valence-corrected chi connectivity index (χ1v) is 10.2. The molecular weight excluding hydrogens is 404 g/mol. The van der Waals surface area contributed by atoms with Gasteiger partial charge in [0.1, 0.15) is 11.6 Å². The summed E-state index contributed by atoms with van der Waals surface area (Å²) >= 11 is 0. The first-order valence-electron chi connectivity index (χ1n) is 10.2. The molecule has 1 aliphatic heterocycles. The molecule has 3 aromatic rings. The Labute approximate surface area is 186 Å². The molecule has 0 fully saturated rings. The molecule has 8 nitrogen and oxygen atoms in total. The molecule has 0 saturated carbocycles. The number of anilines is 2. The molecule has 162 valence electrons. The molecule has 1 atom stereocenters.